The van der Waals surface area contributed by atoms with E-state index in [1.165, 1.54) is 25.3 Å². The number of ketones is 1. The quantitative estimate of drug-likeness (QED) is 0.293. The van der Waals surface area contributed by atoms with Gasteiger partial charge in [-0.2, -0.15) is 0 Å². The van der Waals surface area contributed by atoms with Gasteiger partial charge in [-0.05, 0) is 37.5 Å². The summed E-state index contributed by atoms with van der Waals surface area (Å²) >= 11 is 0.878. The van der Waals surface area contributed by atoms with Gasteiger partial charge >= 0.3 is 0 Å². The van der Waals surface area contributed by atoms with Crippen molar-refractivity contribution in [1.29, 1.82) is 0 Å². The van der Waals surface area contributed by atoms with Crippen LogP contribution in [0.3, 0.4) is 0 Å². The number of carbonyl (C=O) groups is 2. The monoisotopic (exact) mass is 252 g/mol. The van der Waals surface area contributed by atoms with Gasteiger partial charge in [-0.15, -0.1) is 0 Å². The molecule has 0 atom stereocenters. The van der Waals surface area contributed by atoms with Crippen LogP contribution in [-0.2, 0) is 9.59 Å². The molecule has 4 nitrogen and oxygen atoms in total. The topological polar surface area (TPSA) is 67.5 Å². The lowest BCUT2D eigenvalue weighted by molar-refractivity contribution is -0.117. The lowest BCUT2D eigenvalue weighted by Crippen LogP contribution is -2.09. The summed E-state index contributed by atoms with van der Waals surface area (Å²) in [6, 6.07) is 3.38. The minimum Gasteiger partial charge on any atom is -0.507 e. The molecular formula is C12H12O4S. The third-order valence-electron chi connectivity index (χ3n) is 1.95. The van der Waals surface area contributed by atoms with Gasteiger partial charge in [-0.25, -0.2) is 0 Å². The molecule has 1 aromatic rings. The summed E-state index contributed by atoms with van der Waals surface area (Å²) in [5.74, 6) is -0.296. The van der Waals surface area contributed by atoms with Crippen molar-refractivity contribution in [1.82, 2.24) is 0 Å². The lowest BCUT2D eigenvalue weighted by Gasteiger charge is -2.01. The average Bonchev–Trinajstić information content (AvgIpc) is 2.78. The summed E-state index contributed by atoms with van der Waals surface area (Å²) in [5.41, 5.74) is -0.208. The summed E-state index contributed by atoms with van der Waals surface area (Å²) in [5, 5.41) is 9.22. The van der Waals surface area contributed by atoms with E-state index in [4.69, 9.17) is 4.42 Å². The first-order valence-electron chi connectivity index (χ1n) is 4.80. The Labute approximate surface area is 103 Å². The third-order valence-corrected chi connectivity index (χ3v) is 2.52. The van der Waals surface area contributed by atoms with E-state index in [9.17, 15) is 14.7 Å². The lowest BCUT2D eigenvalue weighted by atomic mass is 10.1. The Hall–Kier alpha value is -1.75. The maximum atomic E-state index is 11.4. The van der Waals surface area contributed by atoms with Crippen LogP contribution in [0.25, 0.3) is 6.08 Å². The highest BCUT2D eigenvalue weighted by Crippen LogP contribution is 2.14. The zero-order chi connectivity index (χ0) is 12.8. The molecule has 1 N–H and O–H groups in total. The summed E-state index contributed by atoms with van der Waals surface area (Å²) in [4.78, 5) is 22.7. The second-order valence-electron chi connectivity index (χ2n) is 3.16. The van der Waals surface area contributed by atoms with Gasteiger partial charge in [0.2, 0.25) is 5.12 Å². The van der Waals surface area contributed by atoms with Crippen molar-refractivity contribution in [3.8, 4) is 0 Å². The number of allylic oxidation sites excluding steroid dienone is 1. The zero-order valence-corrected chi connectivity index (χ0v) is 10.3. The van der Waals surface area contributed by atoms with E-state index in [1.807, 2.05) is 0 Å². The van der Waals surface area contributed by atoms with E-state index in [-0.39, 0.29) is 11.3 Å². The molecule has 1 heterocycles. The molecule has 17 heavy (non-hydrogen) atoms. The van der Waals surface area contributed by atoms with Crippen LogP contribution in [0.2, 0.25) is 0 Å². The van der Waals surface area contributed by atoms with Gasteiger partial charge in [-0.1, -0.05) is 11.8 Å². The summed E-state index contributed by atoms with van der Waals surface area (Å²) in [6.45, 7) is 1.24. The highest BCUT2D eigenvalue weighted by molar-refractivity contribution is 8.13. The number of furan rings is 1. The predicted octanol–water partition coefficient (Wildman–Crippen LogP) is 2.58. The van der Waals surface area contributed by atoms with Crippen LogP contribution < -0.4 is 0 Å². The molecule has 0 fully saturated rings. The fourth-order valence-electron chi connectivity index (χ4n) is 1.16. The smallest absolute Gasteiger partial charge is 0.226 e. The van der Waals surface area contributed by atoms with E-state index in [0.29, 0.717) is 5.76 Å². The number of carbonyl (C=O) groups excluding carboxylic acids is 2. The first kappa shape index (κ1) is 13.3. The summed E-state index contributed by atoms with van der Waals surface area (Å²) < 4.78 is 5.02. The molecule has 0 aromatic carbocycles. The first-order valence-corrected chi connectivity index (χ1v) is 6.02. The van der Waals surface area contributed by atoms with Crippen LogP contribution in [-0.4, -0.2) is 22.3 Å². The number of aliphatic hydroxyl groups excluding tert-OH is 1. The Bertz CT molecular complexity index is 469. The zero-order valence-electron chi connectivity index (χ0n) is 9.47. The molecule has 0 aliphatic heterocycles. The van der Waals surface area contributed by atoms with Crippen LogP contribution >= 0.6 is 11.8 Å². The number of rotatable bonds is 4. The average molecular weight is 252 g/mol. The molecule has 0 aliphatic carbocycles. The van der Waals surface area contributed by atoms with Crippen LogP contribution in [0.1, 0.15) is 12.7 Å². The maximum Gasteiger partial charge on any atom is 0.226 e. The van der Waals surface area contributed by atoms with Crippen molar-refractivity contribution >= 4 is 28.7 Å². The van der Waals surface area contributed by atoms with Gasteiger partial charge < -0.3 is 9.52 Å². The Kier molecular flexibility index (Phi) is 4.78. The van der Waals surface area contributed by atoms with Crippen molar-refractivity contribution in [2.45, 2.75) is 6.92 Å². The molecule has 90 valence electrons. The minimum absolute atomic E-state index is 0.208. The minimum atomic E-state index is -0.467. The molecule has 0 saturated heterocycles. The fourth-order valence-corrected chi connectivity index (χ4v) is 1.61. The number of hydrogen-bond acceptors (Lipinski definition) is 5. The normalized spacial score (nSPS) is 12.6. The Morgan fingerprint density at radius 3 is 2.65 bits per heavy atom. The van der Waals surface area contributed by atoms with Gasteiger partial charge in [0.1, 0.15) is 17.1 Å². The van der Waals surface area contributed by atoms with Gasteiger partial charge in [-0.3, -0.25) is 9.59 Å². The molecule has 1 aromatic heterocycles. The molecule has 0 radical (unpaired) electrons. The Balaban J connectivity index is 3.00. The standard InChI is InChI=1S/C12H12O4S/c1-8(13)11(12(15)17-2)10(14)6-5-9-4-3-7-16-9/h3-7,14H,1-2H3/b6-5+,11-10+. The summed E-state index contributed by atoms with van der Waals surface area (Å²) in [7, 11) is 0. The molecule has 0 spiro atoms. The number of thioether (sulfide) groups is 1. The Morgan fingerprint density at radius 1 is 1.47 bits per heavy atom. The van der Waals surface area contributed by atoms with E-state index in [0.717, 1.165) is 11.8 Å². The highest BCUT2D eigenvalue weighted by Gasteiger charge is 2.17. The molecule has 1 rings (SSSR count). The molecule has 5 heteroatoms. The maximum absolute atomic E-state index is 11.4. The van der Waals surface area contributed by atoms with E-state index < -0.39 is 10.9 Å². The third kappa shape index (κ3) is 3.64. The van der Waals surface area contributed by atoms with Crippen LogP contribution in [0.15, 0.2) is 40.2 Å². The Morgan fingerprint density at radius 2 is 2.18 bits per heavy atom. The molecule has 0 amide bonds. The van der Waals surface area contributed by atoms with Crippen molar-refractivity contribution in [2.75, 3.05) is 6.26 Å². The van der Waals surface area contributed by atoms with E-state index >= 15 is 0 Å². The highest BCUT2D eigenvalue weighted by atomic mass is 32.2. The van der Waals surface area contributed by atoms with Crippen molar-refractivity contribution < 1.29 is 19.1 Å². The molecule has 0 aliphatic rings. The molecular weight excluding hydrogens is 240 g/mol. The van der Waals surface area contributed by atoms with Gasteiger partial charge in [0.25, 0.3) is 0 Å². The largest absolute Gasteiger partial charge is 0.507 e. The van der Waals surface area contributed by atoms with Gasteiger partial charge in [0.15, 0.2) is 5.78 Å². The van der Waals surface area contributed by atoms with E-state index in [1.54, 1.807) is 18.4 Å². The number of Topliss-reactive ketones (excluding diaryl/α,β-unsaturated/α-hetero) is 1. The SMILES string of the molecule is CSC(=O)/C(C(C)=O)=C(O)\C=C\c1ccco1. The second-order valence-corrected chi connectivity index (χ2v) is 3.94. The van der Waals surface area contributed by atoms with Gasteiger partial charge in [0.05, 0.1) is 6.26 Å². The predicted molar refractivity (Wildman–Crippen MR) is 66.6 cm³/mol. The molecule has 0 saturated carbocycles. The number of hydrogen-bond donors (Lipinski definition) is 1. The van der Waals surface area contributed by atoms with Crippen molar-refractivity contribution in [3.63, 3.8) is 0 Å². The molecule has 0 unspecified atom stereocenters. The number of aliphatic hydroxyl groups is 1. The fraction of sp³-hybridized carbons (Fsp3) is 0.167. The first-order chi connectivity index (χ1) is 8.06. The van der Waals surface area contributed by atoms with E-state index in [2.05, 4.69) is 0 Å². The van der Waals surface area contributed by atoms with Crippen molar-refractivity contribution in [2.24, 2.45) is 0 Å². The summed E-state index contributed by atoms with van der Waals surface area (Å²) in [6.07, 6.45) is 5.78. The van der Waals surface area contributed by atoms with Crippen LogP contribution in [0.5, 0.6) is 0 Å². The second kappa shape index (κ2) is 6.10. The van der Waals surface area contributed by atoms with Crippen LogP contribution in [0, 0.1) is 0 Å². The van der Waals surface area contributed by atoms with Crippen molar-refractivity contribution in [3.05, 3.63) is 41.6 Å². The van der Waals surface area contributed by atoms with Crippen LogP contribution in [0.4, 0.5) is 0 Å². The molecule has 0 bridgehead atoms. The van der Waals surface area contributed by atoms with Gasteiger partial charge in [0, 0.05) is 0 Å².